The van der Waals surface area contributed by atoms with Crippen molar-refractivity contribution in [2.45, 2.75) is 167 Å². The maximum absolute atomic E-state index is 13.2. The van der Waals surface area contributed by atoms with Crippen molar-refractivity contribution in [3.8, 4) is 0 Å². The Balaban J connectivity index is 0.000000188. The van der Waals surface area contributed by atoms with E-state index in [-0.39, 0.29) is 65.2 Å². The molecule has 77 heavy (non-hydrogen) atoms. The van der Waals surface area contributed by atoms with Gasteiger partial charge in [-0.1, -0.05) is 61.3 Å². The van der Waals surface area contributed by atoms with Crippen molar-refractivity contribution in [2.75, 3.05) is 60.7 Å². The van der Waals surface area contributed by atoms with Gasteiger partial charge in [-0.2, -0.15) is 5.10 Å². The average molecular weight is 1080 g/mol. The number of rotatable bonds is 16. The molecule has 8 aliphatic carbocycles. The first kappa shape index (κ1) is 57.6. The lowest BCUT2D eigenvalue weighted by Crippen LogP contribution is -2.63. The number of hydrogen-bond acceptors (Lipinski definition) is 18. The maximum Gasteiger partial charge on any atom is 0.406 e. The summed E-state index contributed by atoms with van der Waals surface area (Å²) in [6.45, 7) is 13.9. The van der Waals surface area contributed by atoms with Crippen LogP contribution in [0, 0.1) is 57.2 Å². The number of oxime groups is 2. The fraction of sp³-hybridized carbons (Fsp3) is 0.776. The van der Waals surface area contributed by atoms with Gasteiger partial charge in [0.1, 0.15) is 36.8 Å². The van der Waals surface area contributed by atoms with Crippen LogP contribution in [0.25, 0.3) is 0 Å². The molecular weight excluding hydrogens is 989 g/mol. The number of amides is 1. The van der Waals surface area contributed by atoms with E-state index in [0.29, 0.717) is 57.2 Å². The van der Waals surface area contributed by atoms with Gasteiger partial charge >= 0.3 is 6.09 Å². The number of Topliss-reactive ketones (excluding diaryl/α,β-unsaturated/α-hetero) is 1. The van der Waals surface area contributed by atoms with Crippen LogP contribution >= 0.6 is 0 Å². The van der Waals surface area contributed by atoms with Crippen molar-refractivity contribution >= 4 is 29.0 Å². The lowest BCUT2D eigenvalue weighted by Gasteiger charge is -2.60. The summed E-state index contributed by atoms with van der Waals surface area (Å²) in [4.78, 5) is 35.4. The number of nitrogens with one attached hydrogen (secondary N) is 1. The van der Waals surface area contributed by atoms with Crippen molar-refractivity contribution < 1.29 is 63.4 Å². The van der Waals surface area contributed by atoms with Gasteiger partial charge in [0.2, 0.25) is 0 Å². The predicted octanol–water partition coefficient (Wildman–Crippen LogP) is 5.70. The van der Waals surface area contributed by atoms with Crippen molar-refractivity contribution in [1.29, 1.82) is 0 Å². The number of fused-ring (bicyclic) bond motifs is 14. The van der Waals surface area contributed by atoms with Crippen LogP contribution in [0.15, 0.2) is 63.0 Å². The Morgan fingerprint density at radius 2 is 1.25 bits per heavy atom. The van der Waals surface area contributed by atoms with Gasteiger partial charge in [-0.05, 0) is 145 Å². The van der Waals surface area contributed by atoms with Gasteiger partial charge in [0.25, 0.3) is 0 Å². The van der Waals surface area contributed by atoms with E-state index < -0.39 is 59.3 Å². The molecule has 0 bridgehead atoms. The standard InChI is InChI=1S/C29H46N4O5.C29H42N2O8/c1-18-37-25-15-22-21-9-8-19-14-20(32-36-13-7-6-12-30)10-11-27(19,2)26(21)23(35)16-28(22,3)29(25,38-18)24(17-34)31-33(4)5;1-17-38-24-14-21-20-8-7-18-13-19(31-37-12-6-5-11-30-26(35)36-4)9-10-27(18,2)25(20)22(33)15-28(21,3)29(24,39-17)23(34)16-32/h10-11,14,18,21-23,25-26,34-35H,6-9,12-13,15-17,30H2,1-5H3;9-10,13,17,20-22,24-25,32-33H,5-8,11-12,14-16H2,1-4H3,(H,30,35)/b31-24+,32-20+;31-19+/t18?,21-,22-,23-,25+,26+,27-,28-,29+;17?,20-,21-,22-,24+,25+,27-,28-,29+/m00/s1. The van der Waals surface area contributed by atoms with Crippen molar-refractivity contribution in [3.05, 3.63) is 47.6 Å². The molecule has 2 saturated heterocycles. The summed E-state index contributed by atoms with van der Waals surface area (Å²) in [6, 6.07) is 0. The number of methoxy groups -OCH3 is 1. The number of ether oxygens (including phenoxy) is 5. The van der Waals surface area contributed by atoms with Crippen LogP contribution in [0.4, 0.5) is 4.79 Å². The summed E-state index contributed by atoms with van der Waals surface area (Å²) in [6.07, 6.45) is 19.1. The van der Waals surface area contributed by atoms with Crippen LogP contribution < -0.4 is 11.1 Å². The zero-order chi connectivity index (χ0) is 55.3. The minimum Gasteiger partial charge on any atom is -0.453 e. The molecule has 0 aromatic carbocycles. The first-order valence-corrected chi connectivity index (χ1v) is 28.5. The highest BCUT2D eigenvalue weighted by Gasteiger charge is 2.77. The second-order valence-corrected chi connectivity index (χ2v) is 24.6. The lowest BCUT2D eigenvalue weighted by molar-refractivity contribution is -0.196. The number of alkyl carbamates (subject to hydrolysis) is 1. The largest absolute Gasteiger partial charge is 0.453 e. The van der Waals surface area contributed by atoms with Gasteiger partial charge in [0.05, 0.1) is 43.8 Å². The minimum atomic E-state index is -1.22. The molecule has 2 aliphatic heterocycles. The molecule has 0 radical (unpaired) electrons. The molecule has 0 spiro atoms. The van der Waals surface area contributed by atoms with E-state index in [0.717, 1.165) is 69.2 Å². The molecule has 2 unspecified atom stereocenters. The fourth-order valence-corrected chi connectivity index (χ4v) is 17.3. The van der Waals surface area contributed by atoms with E-state index >= 15 is 0 Å². The highest BCUT2D eigenvalue weighted by Crippen LogP contribution is 2.71. The number of carbonyl (C=O) groups is 2. The van der Waals surface area contributed by atoms with Crippen molar-refractivity contribution in [2.24, 2.45) is 78.3 Å². The normalized spacial score (nSPS) is 43.9. The molecule has 0 aromatic heterocycles. The van der Waals surface area contributed by atoms with Crippen LogP contribution in [-0.4, -0.2) is 163 Å². The Morgan fingerprint density at radius 3 is 1.73 bits per heavy atom. The molecule has 1 amide bonds. The summed E-state index contributed by atoms with van der Waals surface area (Å²) in [5.74, 6) is 0.641. The molecule has 18 atom stereocenters. The number of aliphatic hydroxyl groups excluding tert-OH is 4. The number of carbonyl (C=O) groups excluding carboxylic acids is 2. The molecule has 2 heterocycles. The zero-order valence-electron chi connectivity index (χ0n) is 46.9. The predicted molar refractivity (Wildman–Crippen MR) is 288 cm³/mol. The molecule has 7 N–H and O–H groups in total. The first-order chi connectivity index (χ1) is 36.7. The van der Waals surface area contributed by atoms with Crippen LogP contribution in [0.1, 0.15) is 119 Å². The number of nitrogens with two attached hydrogens (primary N) is 1. The van der Waals surface area contributed by atoms with E-state index in [2.05, 4.69) is 72.4 Å². The highest BCUT2D eigenvalue weighted by molar-refractivity contribution is 6.06. The number of hydrazone groups is 1. The Hall–Kier alpha value is -4.05. The molecule has 8 fully saturated rings. The van der Waals surface area contributed by atoms with E-state index in [1.807, 2.05) is 33.2 Å². The molecule has 6 saturated carbocycles. The SMILES string of the molecule is CC1O[C@@H]2C[C@H]3[C@@H]4CCC5=C/C(=N/OCCCCN)C=C[C@]5(C)[C@H]4[C@@H](O)C[C@]3(C)[C@]2(/C(CO)=N/N(C)C)O1.COC(=O)NCCCCO/N=C1\C=C[C@@]2(C)C(=C1)CC[C@@H]1[C@@H]2[C@@H](O)C[C@@]2(C)[C@H]1C[C@H]1OC(C)O[C@]12C(=O)CO. The van der Waals surface area contributed by atoms with Gasteiger partial charge in [0.15, 0.2) is 24.0 Å². The number of aliphatic hydroxyl groups is 4. The third-order valence-corrected chi connectivity index (χ3v) is 20.4. The summed E-state index contributed by atoms with van der Waals surface area (Å²) in [7, 11) is 5.05. The van der Waals surface area contributed by atoms with Gasteiger partial charge in [-0.15, -0.1) is 0 Å². The zero-order valence-corrected chi connectivity index (χ0v) is 46.9. The Kier molecular flexibility index (Phi) is 16.8. The molecule has 428 valence electrons. The summed E-state index contributed by atoms with van der Waals surface area (Å²) < 4.78 is 29.9. The lowest BCUT2D eigenvalue weighted by atomic mass is 9.46. The van der Waals surface area contributed by atoms with Gasteiger partial charge in [0, 0.05) is 54.1 Å². The smallest absolute Gasteiger partial charge is 0.406 e. The highest BCUT2D eigenvalue weighted by atomic mass is 16.7. The fourth-order valence-electron chi connectivity index (χ4n) is 17.3. The van der Waals surface area contributed by atoms with Crippen LogP contribution in [0.2, 0.25) is 0 Å². The molecular formula is C58H88N6O13. The Morgan fingerprint density at radius 1 is 0.753 bits per heavy atom. The van der Waals surface area contributed by atoms with Crippen LogP contribution in [0.3, 0.4) is 0 Å². The third kappa shape index (κ3) is 9.66. The van der Waals surface area contributed by atoms with E-state index in [1.165, 1.54) is 18.3 Å². The van der Waals surface area contributed by atoms with Crippen LogP contribution in [-0.2, 0) is 38.2 Å². The van der Waals surface area contributed by atoms with Crippen LogP contribution in [0.5, 0.6) is 0 Å². The number of allylic oxidation sites excluding steroid dienone is 8. The monoisotopic (exact) mass is 1080 g/mol. The first-order valence-electron chi connectivity index (χ1n) is 28.5. The Labute approximate surface area is 454 Å². The summed E-state index contributed by atoms with van der Waals surface area (Å²) in [5.41, 5.74) is 6.60. The Bertz CT molecular complexity index is 2430. The quantitative estimate of drug-likeness (QED) is 0.0615. The number of ketones is 1. The topological polar surface area (TPSA) is 258 Å². The number of unbranched alkanes of at least 4 members (excludes halogenated alkanes) is 2. The average Bonchev–Trinajstić information content (AvgIpc) is 4.30. The molecule has 10 rings (SSSR count). The number of hydrogen-bond donors (Lipinski definition) is 6. The molecule has 10 aliphatic rings. The summed E-state index contributed by atoms with van der Waals surface area (Å²) in [5, 5.41) is 61.7. The van der Waals surface area contributed by atoms with Crippen molar-refractivity contribution in [1.82, 2.24) is 10.3 Å². The van der Waals surface area contributed by atoms with Gasteiger partial charge in [-0.3, -0.25) is 4.79 Å². The van der Waals surface area contributed by atoms with E-state index in [1.54, 1.807) is 11.9 Å². The van der Waals surface area contributed by atoms with Crippen molar-refractivity contribution in [3.63, 3.8) is 0 Å². The second kappa shape index (κ2) is 22.5. The summed E-state index contributed by atoms with van der Waals surface area (Å²) >= 11 is 0. The minimum absolute atomic E-state index is 0.00543. The third-order valence-electron chi connectivity index (χ3n) is 20.4. The molecule has 19 nitrogen and oxygen atoms in total. The van der Waals surface area contributed by atoms with E-state index in [9.17, 15) is 30.0 Å². The molecule has 0 aromatic rings. The number of nitrogens with zero attached hydrogens (tertiary/aromatic N) is 4. The van der Waals surface area contributed by atoms with E-state index in [4.69, 9.17) is 39.5 Å². The van der Waals surface area contributed by atoms with Gasteiger partial charge in [-0.25, -0.2) is 4.79 Å². The molecule has 19 heteroatoms. The maximum atomic E-state index is 13.2. The van der Waals surface area contributed by atoms with Gasteiger partial charge < -0.3 is 69.8 Å². The second-order valence-electron chi connectivity index (χ2n) is 24.6.